The molecule has 4 heteroatoms. The molecule has 126 valence electrons. The van der Waals surface area contributed by atoms with Crippen LogP contribution in [0.25, 0.3) is 0 Å². The Kier molecular flexibility index (Phi) is 6.55. The fourth-order valence-electron chi connectivity index (χ4n) is 2.47. The molecule has 2 N–H and O–H groups in total. The number of hydrogen-bond acceptors (Lipinski definition) is 2. The second-order valence-corrected chi connectivity index (χ2v) is 5.87. The fraction of sp³-hybridized carbons (Fsp3) is 0.300. The maximum absolute atomic E-state index is 12.0. The van der Waals surface area contributed by atoms with E-state index >= 15 is 0 Å². The Morgan fingerprint density at radius 1 is 0.875 bits per heavy atom. The van der Waals surface area contributed by atoms with Crippen LogP contribution in [0.2, 0.25) is 0 Å². The van der Waals surface area contributed by atoms with Crippen molar-refractivity contribution in [3.05, 3.63) is 71.8 Å². The van der Waals surface area contributed by atoms with E-state index in [1.165, 1.54) is 0 Å². The van der Waals surface area contributed by atoms with Crippen LogP contribution in [0.3, 0.4) is 0 Å². The number of benzene rings is 2. The van der Waals surface area contributed by atoms with Gasteiger partial charge in [-0.25, -0.2) is 0 Å². The Balaban J connectivity index is 2.07. The summed E-state index contributed by atoms with van der Waals surface area (Å²) >= 11 is 0. The van der Waals surface area contributed by atoms with Crippen LogP contribution in [-0.2, 0) is 9.59 Å². The van der Waals surface area contributed by atoms with E-state index in [1.807, 2.05) is 74.5 Å². The molecular formula is C20H24N2O2. The lowest BCUT2D eigenvalue weighted by Crippen LogP contribution is -2.44. The average molecular weight is 324 g/mol. The Morgan fingerprint density at radius 2 is 1.38 bits per heavy atom. The topological polar surface area (TPSA) is 58.2 Å². The van der Waals surface area contributed by atoms with E-state index in [0.717, 1.165) is 17.5 Å². The van der Waals surface area contributed by atoms with E-state index in [4.69, 9.17) is 0 Å². The highest BCUT2D eigenvalue weighted by Gasteiger charge is 2.19. The molecule has 4 nitrogen and oxygen atoms in total. The standard InChI is InChI=1S/C20H24N2O2/c1-3-15(2)22-20(24)19(23)21-14-18(16-10-6-4-7-11-16)17-12-8-5-9-13-17/h4-13,15,18H,3,14H2,1-2H3,(H,21,23)(H,22,24)/t15-/m1/s1. The first-order valence-corrected chi connectivity index (χ1v) is 8.30. The van der Waals surface area contributed by atoms with E-state index in [9.17, 15) is 9.59 Å². The minimum atomic E-state index is -0.591. The van der Waals surface area contributed by atoms with Crippen molar-refractivity contribution in [2.75, 3.05) is 6.54 Å². The minimum absolute atomic E-state index is 0.00717. The van der Waals surface area contributed by atoms with E-state index in [0.29, 0.717) is 6.54 Å². The maximum atomic E-state index is 12.0. The van der Waals surface area contributed by atoms with Crippen molar-refractivity contribution < 1.29 is 9.59 Å². The Morgan fingerprint density at radius 3 is 1.83 bits per heavy atom. The summed E-state index contributed by atoms with van der Waals surface area (Å²) in [6, 6.07) is 19.9. The highest BCUT2D eigenvalue weighted by atomic mass is 16.2. The number of nitrogens with one attached hydrogen (secondary N) is 2. The molecule has 0 aliphatic heterocycles. The lowest BCUT2D eigenvalue weighted by atomic mass is 9.91. The fourth-order valence-corrected chi connectivity index (χ4v) is 2.47. The van der Waals surface area contributed by atoms with Crippen molar-refractivity contribution in [2.45, 2.75) is 32.2 Å². The van der Waals surface area contributed by atoms with Crippen molar-refractivity contribution in [1.82, 2.24) is 10.6 Å². The molecule has 0 aliphatic carbocycles. The van der Waals surface area contributed by atoms with Crippen LogP contribution in [0.4, 0.5) is 0 Å². The summed E-state index contributed by atoms with van der Waals surface area (Å²) < 4.78 is 0. The van der Waals surface area contributed by atoms with Gasteiger partial charge < -0.3 is 10.6 Å². The third-order valence-corrected chi connectivity index (χ3v) is 4.07. The van der Waals surface area contributed by atoms with Gasteiger partial charge in [0.05, 0.1) is 0 Å². The van der Waals surface area contributed by atoms with Gasteiger partial charge in [0.2, 0.25) is 0 Å². The maximum Gasteiger partial charge on any atom is 0.309 e. The zero-order valence-electron chi connectivity index (χ0n) is 14.2. The molecule has 0 saturated heterocycles. The van der Waals surface area contributed by atoms with E-state index in [-0.39, 0.29) is 12.0 Å². The first-order valence-electron chi connectivity index (χ1n) is 8.30. The quantitative estimate of drug-likeness (QED) is 0.803. The summed E-state index contributed by atoms with van der Waals surface area (Å²) in [6.45, 7) is 4.21. The zero-order valence-corrected chi connectivity index (χ0v) is 14.2. The molecule has 0 aliphatic rings. The highest BCUT2D eigenvalue weighted by molar-refractivity contribution is 6.35. The van der Waals surface area contributed by atoms with Gasteiger partial charge in [-0.1, -0.05) is 67.6 Å². The van der Waals surface area contributed by atoms with Gasteiger partial charge in [0, 0.05) is 18.5 Å². The normalized spacial score (nSPS) is 11.8. The summed E-state index contributed by atoms with van der Waals surface area (Å²) in [4.78, 5) is 23.9. The van der Waals surface area contributed by atoms with Gasteiger partial charge in [0.25, 0.3) is 0 Å². The third kappa shape index (κ3) is 4.95. The number of amides is 2. The summed E-state index contributed by atoms with van der Waals surface area (Å²) in [5, 5.41) is 5.44. The molecule has 0 radical (unpaired) electrons. The molecule has 0 fully saturated rings. The van der Waals surface area contributed by atoms with Gasteiger partial charge in [-0.15, -0.1) is 0 Å². The van der Waals surface area contributed by atoms with Crippen LogP contribution in [0.1, 0.15) is 37.3 Å². The number of carbonyl (C=O) groups is 2. The summed E-state index contributed by atoms with van der Waals surface area (Å²) in [7, 11) is 0. The second-order valence-electron chi connectivity index (χ2n) is 5.87. The number of hydrogen-bond donors (Lipinski definition) is 2. The molecule has 24 heavy (non-hydrogen) atoms. The van der Waals surface area contributed by atoms with Crippen molar-refractivity contribution in [1.29, 1.82) is 0 Å². The molecule has 0 heterocycles. The van der Waals surface area contributed by atoms with Gasteiger partial charge in [-0.05, 0) is 24.5 Å². The van der Waals surface area contributed by atoms with E-state index in [1.54, 1.807) is 0 Å². The van der Waals surface area contributed by atoms with Crippen LogP contribution in [-0.4, -0.2) is 24.4 Å². The van der Waals surface area contributed by atoms with Crippen LogP contribution in [0, 0.1) is 0 Å². The first-order chi connectivity index (χ1) is 11.6. The second kappa shape index (κ2) is 8.87. The van der Waals surface area contributed by atoms with Gasteiger partial charge in [0.1, 0.15) is 0 Å². The monoisotopic (exact) mass is 324 g/mol. The summed E-state index contributed by atoms with van der Waals surface area (Å²) in [6.07, 6.45) is 0.787. The summed E-state index contributed by atoms with van der Waals surface area (Å²) in [5.74, 6) is -1.16. The summed E-state index contributed by atoms with van der Waals surface area (Å²) in [5.41, 5.74) is 2.21. The predicted molar refractivity (Wildman–Crippen MR) is 95.6 cm³/mol. The van der Waals surface area contributed by atoms with Crippen LogP contribution >= 0.6 is 0 Å². The van der Waals surface area contributed by atoms with Gasteiger partial charge in [0.15, 0.2) is 0 Å². The van der Waals surface area contributed by atoms with Gasteiger partial charge in [-0.3, -0.25) is 9.59 Å². The minimum Gasteiger partial charge on any atom is -0.347 e. The lowest BCUT2D eigenvalue weighted by molar-refractivity contribution is -0.139. The van der Waals surface area contributed by atoms with E-state index < -0.39 is 11.8 Å². The number of carbonyl (C=O) groups excluding carboxylic acids is 2. The Labute approximate surface area is 143 Å². The highest BCUT2D eigenvalue weighted by Crippen LogP contribution is 2.23. The molecule has 2 aromatic rings. The third-order valence-electron chi connectivity index (χ3n) is 4.07. The van der Waals surface area contributed by atoms with Crippen LogP contribution in [0.15, 0.2) is 60.7 Å². The molecule has 0 saturated carbocycles. The lowest BCUT2D eigenvalue weighted by Gasteiger charge is -2.19. The van der Waals surface area contributed by atoms with Gasteiger partial charge in [-0.2, -0.15) is 0 Å². The smallest absolute Gasteiger partial charge is 0.309 e. The molecule has 0 spiro atoms. The molecule has 0 aromatic heterocycles. The molecule has 2 rings (SSSR count). The SMILES string of the molecule is CC[C@@H](C)NC(=O)C(=O)NCC(c1ccccc1)c1ccccc1. The van der Waals surface area contributed by atoms with Crippen LogP contribution < -0.4 is 10.6 Å². The molecule has 0 unspecified atom stereocenters. The zero-order chi connectivity index (χ0) is 17.4. The first kappa shape index (κ1) is 17.7. The molecule has 2 amide bonds. The Bertz CT molecular complexity index is 616. The van der Waals surface area contributed by atoms with Gasteiger partial charge >= 0.3 is 11.8 Å². The van der Waals surface area contributed by atoms with Crippen molar-refractivity contribution >= 4 is 11.8 Å². The molecule has 0 bridgehead atoms. The number of rotatable bonds is 6. The molecule has 1 atom stereocenters. The predicted octanol–water partition coefficient (Wildman–Crippen LogP) is 2.85. The van der Waals surface area contributed by atoms with Crippen molar-refractivity contribution in [3.63, 3.8) is 0 Å². The average Bonchev–Trinajstić information content (AvgIpc) is 2.63. The Hall–Kier alpha value is -2.62. The van der Waals surface area contributed by atoms with E-state index in [2.05, 4.69) is 10.6 Å². The largest absolute Gasteiger partial charge is 0.347 e. The van der Waals surface area contributed by atoms with Crippen LogP contribution in [0.5, 0.6) is 0 Å². The molecule has 2 aromatic carbocycles. The van der Waals surface area contributed by atoms with Crippen molar-refractivity contribution in [3.8, 4) is 0 Å². The molecular weight excluding hydrogens is 300 g/mol. The van der Waals surface area contributed by atoms with Crippen molar-refractivity contribution in [2.24, 2.45) is 0 Å².